The van der Waals surface area contributed by atoms with E-state index < -0.39 is 23.8 Å². The van der Waals surface area contributed by atoms with Crippen molar-refractivity contribution in [1.82, 2.24) is 10.6 Å². The molecule has 0 aliphatic carbocycles. The Morgan fingerprint density at radius 3 is 2.40 bits per heavy atom. The summed E-state index contributed by atoms with van der Waals surface area (Å²) in [6, 6.07) is 17.0. The molecule has 0 radical (unpaired) electrons. The second-order valence-corrected chi connectivity index (χ2v) is 8.56. The molecule has 0 aliphatic rings. The van der Waals surface area contributed by atoms with Gasteiger partial charge in [-0.05, 0) is 60.0 Å². The zero-order chi connectivity index (χ0) is 25.4. The van der Waals surface area contributed by atoms with Gasteiger partial charge in [0.25, 0.3) is 5.91 Å². The topological polar surface area (TPSA) is 73.8 Å². The van der Waals surface area contributed by atoms with E-state index in [-0.39, 0.29) is 18.9 Å². The second-order valence-electron chi connectivity index (χ2n) is 8.56. The number of nitrogens with one attached hydrogen (secondary N) is 2. The molecule has 35 heavy (non-hydrogen) atoms. The fraction of sp³-hybridized carbons (Fsp3) is 0.296. The number of hydrogen-bond donors (Lipinski definition) is 3. The monoisotopic (exact) mass is 483 g/mol. The zero-order valence-corrected chi connectivity index (χ0v) is 20.1. The van der Waals surface area contributed by atoms with E-state index in [0.29, 0.717) is 17.7 Å². The summed E-state index contributed by atoms with van der Waals surface area (Å²) in [7, 11) is 5.33. The van der Waals surface area contributed by atoms with Gasteiger partial charge in [-0.1, -0.05) is 18.2 Å². The van der Waals surface area contributed by atoms with Crippen molar-refractivity contribution in [2.45, 2.75) is 25.1 Å². The van der Waals surface area contributed by atoms with Crippen LogP contribution in [0.25, 0.3) is 0 Å². The fourth-order valence-corrected chi connectivity index (χ4v) is 3.73. The van der Waals surface area contributed by atoms with Gasteiger partial charge in [-0.2, -0.15) is 0 Å². The van der Waals surface area contributed by atoms with Gasteiger partial charge in [-0.15, -0.1) is 0 Å². The first kappa shape index (κ1) is 26.1. The highest BCUT2D eigenvalue weighted by Crippen LogP contribution is 2.16. The molecular formula is C27H31F2N3O3. The Balaban J connectivity index is 1.73. The van der Waals surface area contributed by atoms with E-state index in [4.69, 9.17) is 4.74 Å². The summed E-state index contributed by atoms with van der Waals surface area (Å²) in [5.41, 5.74) is 2.57. The molecule has 8 heteroatoms. The Kier molecular flexibility index (Phi) is 9.17. The van der Waals surface area contributed by atoms with Crippen molar-refractivity contribution in [2.24, 2.45) is 0 Å². The molecule has 3 aromatic carbocycles. The SMILES string of the molecule is COc1cccc(CNC[C@@H](O)[C@H](Cc2cc(F)cc(F)c2)NC(=O)c2cccc(N(C)C)c2)c1. The van der Waals surface area contributed by atoms with Gasteiger partial charge in [0.15, 0.2) is 0 Å². The van der Waals surface area contributed by atoms with E-state index in [1.165, 1.54) is 12.1 Å². The standard InChI is InChI=1S/C27H31F2N3O3/c1-32(2)23-8-5-7-20(14-23)27(34)31-25(13-19-10-21(28)15-22(29)11-19)26(33)17-30-16-18-6-4-9-24(12-18)35-3/h4-12,14-15,25-26,30,33H,13,16-17H2,1-3H3,(H,31,34)/t25-,26+/m0/s1. The Morgan fingerprint density at radius 1 is 1.00 bits per heavy atom. The summed E-state index contributed by atoms with van der Waals surface area (Å²) in [6.45, 7) is 0.617. The van der Waals surface area contributed by atoms with Gasteiger partial charge in [0, 0.05) is 44.5 Å². The summed E-state index contributed by atoms with van der Waals surface area (Å²) >= 11 is 0. The number of ether oxygens (including phenoxy) is 1. The molecule has 0 saturated carbocycles. The molecule has 186 valence electrons. The molecule has 0 saturated heterocycles. The highest BCUT2D eigenvalue weighted by molar-refractivity contribution is 5.95. The molecule has 3 rings (SSSR count). The van der Waals surface area contributed by atoms with Gasteiger partial charge in [0.1, 0.15) is 17.4 Å². The van der Waals surface area contributed by atoms with Crippen LogP contribution in [0.4, 0.5) is 14.5 Å². The molecule has 3 N–H and O–H groups in total. The Hall–Kier alpha value is -3.49. The van der Waals surface area contributed by atoms with Gasteiger partial charge < -0.3 is 25.4 Å². The highest BCUT2D eigenvalue weighted by atomic mass is 19.1. The largest absolute Gasteiger partial charge is 0.497 e. The minimum absolute atomic E-state index is 0.0514. The van der Waals surface area contributed by atoms with Gasteiger partial charge in [0.2, 0.25) is 0 Å². The third kappa shape index (κ3) is 7.77. The molecule has 0 bridgehead atoms. The van der Waals surface area contributed by atoms with Gasteiger partial charge in [-0.25, -0.2) is 8.78 Å². The van der Waals surface area contributed by atoms with Crippen molar-refractivity contribution in [3.63, 3.8) is 0 Å². The van der Waals surface area contributed by atoms with Crippen LogP contribution < -0.4 is 20.3 Å². The first-order valence-electron chi connectivity index (χ1n) is 11.3. The fourth-order valence-electron chi connectivity index (χ4n) is 3.73. The number of carbonyl (C=O) groups is 1. The van der Waals surface area contributed by atoms with Crippen molar-refractivity contribution >= 4 is 11.6 Å². The number of amides is 1. The molecule has 3 aromatic rings. The lowest BCUT2D eigenvalue weighted by Crippen LogP contribution is -2.48. The molecular weight excluding hydrogens is 452 g/mol. The summed E-state index contributed by atoms with van der Waals surface area (Å²) in [5, 5.41) is 16.9. The van der Waals surface area contributed by atoms with Crippen molar-refractivity contribution in [1.29, 1.82) is 0 Å². The van der Waals surface area contributed by atoms with Gasteiger partial charge in [-0.3, -0.25) is 4.79 Å². The van der Waals surface area contributed by atoms with Crippen LogP contribution in [0, 0.1) is 11.6 Å². The minimum Gasteiger partial charge on any atom is -0.497 e. The maximum atomic E-state index is 13.8. The van der Waals surface area contributed by atoms with Crippen LogP contribution in [0.5, 0.6) is 5.75 Å². The number of carbonyl (C=O) groups excluding carboxylic acids is 1. The first-order chi connectivity index (χ1) is 16.7. The lowest BCUT2D eigenvalue weighted by Gasteiger charge is -2.25. The van der Waals surface area contributed by atoms with Crippen LogP contribution in [0.2, 0.25) is 0 Å². The predicted molar refractivity (Wildman–Crippen MR) is 133 cm³/mol. The molecule has 0 unspecified atom stereocenters. The number of rotatable bonds is 11. The number of nitrogens with zero attached hydrogens (tertiary/aromatic N) is 1. The van der Waals surface area contributed by atoms with Crippen LogP contribution in [-0.2, 0) is 13.0 Å². The maximum absolute atomic E-state index is 13.8. The van der Waals surface area contributed by atoms with E-state index in [2.05, 4.69) is 10.6 Å². The lowest BCUT2D eigenvalue weighted by atomic mass is 10.00. The molecule has 0 spiro atoms. The van der Waals surface area contributed by atoms with Crippen LogP contribution >= 0.6 is 0 Å². The Bertz CT molecular complexity index is 1120. The number of aliphatic hydroxyl groups excluding tert-OH is 1. The van der Waals surface area contributed by atoms with Crippen molar-refractivity contribution < 1.29 is 23.4 Å². The van der Waals surface area contributed by atoms with E-state index in [0.717, 1.165) is 23.1 Å². The Morgan fingerprint density at radius 2 is 1.71 bits per heavy atom. The number of methoxy groups -OCH3 is 1. The van der Waals surface area contributed by atoms with Crippen LogP contribution in [0.3, 0.4) is 0 Å². The third-order valence-corrected chi connectivity index (χ3v) is 5.60. The normalized spacial score (nSPS) is 12.6. The molecule has 6 nitrogen and oxygen atoms in total. The predicted octanol–water partition coefficient (Wildman–Crippen LogP) is 3.53. The molecule has 0 aromatic heterocycles. The maximum Gasteiger partial charge on any atom is 0.251 e. The molecule has 0 heterocycles. The lowest BCUT2D eigenvalue weighted by molar-refractivity contribution is 0.0830. The van der Waals surface area contributed by atoms with E-state index >= 15 is 0 Å². The smallest absolute Gasteiger partial charge is 0.251 e. The summed E-state index contributed by atoms with van der Waals surface area (Å²) < 4.78 is 32.8. The van der Waals surface area contributed by atoms with Crippen molar-refractivity contribution in [3.05, 3.63) is 95.1 Å². The highest BCUT2D eigenvalue weighted by Gasteiger charge is 2.23. The molecule has 1 amide bonds. The number of aliphatic hydroxyl groups is 1. The third-order valence-electron chi connectivity index (χ3n) is 5.60. The van der Waals surface area contributed by atoms with Gasteiger partial charge in [0.05, 0.1) is 19.3 Å². The van der Waals surface area contributed by atoms with Crippen LogP contribution in [0.1, 0.15) is 21.5 Å². The summed E-state index contributed by atoms with van der Waals surface area (Å²) in [6.07, 6.45) is -0.969. The number of benzene rings is 3. The quantitative estimate of drug-likeness (QED) is 0.389. The first-order valence-corrected chi connectivity index (χ1v) is 11.3. The van der Waals surface area contributed by atoms with E-state index in [1.807, 2.05) is 49.3 Å². The van der Waals surface area contributed by atoms with Crippen molar-refractivity contribution in [3.8, 4) is 5.75 Å². The average molecular weight is 484 g/mol. The van der Waals surface area contributed by atoms with Crippen LogP contribution in [0.15, 0.2) is 66.7 Å². The second kappa shape index (κ2) is 12.3. The zero-order valence-electron chi connectivity index (χ0n) is 20.1. The number of halogens is 2. The molecule has 0 aliphatic heterocycles. The molecule has 2 atom stereocenters. The number of anilines is 1. The van der Waals surface area contributed by atoms with Gasteiger partial charge >= 0.3 is 0 Å². The Labute approximate surface area is 204 Å². The summed E-state index contributed by atoms with van der Waals surface area (Å²) in [4.78, 5) is 14.9. The van der Waals surface area contributed by atoms with Crippen LogP contribution in [-0.4, -0.2) is 50.9 Å². The van der Waals surface area contributed by atoms with Crippen molar-refractivity contribution in [2.75, 3.05) is 32.6 Å². The average Bonchev–Trinajstić information content (AvgIpc) is 2.83. The minimum atomic E-state index is -1.02. The summed E-state index contributed by atoms with van der Waals surface area (Å²) in [5.74, 6) is -1.09. The molecule has 0 fully saturated rings. The number of hydrogen-bond acceptors (Lipinski definition) is 5. The van der Waals surface area contributed by atoms with E-state index in [9.17, 15) is 18.7 Å². The van der Waals surface area contributed by atoms with E-state index in [1.54, 1.807) is 25.3 Å².